The summed E-state index contributed by atoms with van der Waals surface area (Å²) in [6.45, 7) is 3.63. The first-order valence-electron chi connectivity index (χ1n) is 19.6. The normalized spacial score (nSPS) is 11.3. The van der Waals surface area contributed by atoms with E-state index in [0.717, 1.165) is 19.0 Å². The van der Waals surface area contributed by atoms with Gasteiger partial charge < -0.3 is 47.7 Å². The molecule has 3 heterocycles. The molecule has 3 aromatic carbocycles. The Kier molecular flexibility index (Phi) is 16.3. The van der Waals surface area contributed by atoms with Crippen LogP contribution in [0.25, 0.3) is 5.69 Å². The molecule has 1 atom stereocenters. The van der Waals surface area contributed by atoms with Gasteiger partial charge in [-0.3, -0.25) is 9.36 Å². The summed E-state index contributed by atoms with van der Waals surface area (Å²) in [5, 5.41) is 9.77. The molecule has 0 aliphatic heterocycles. The number of carboxylic acid groups (broad SMARTS) is 1. The molecule has 0 amide bonds. The average Bonchev–Trinajstić information content (AvgIpc) is 3.31. The summed E-state index contributed by atoms with van der Waals surface area (Å²) in [6.07, 6.45) is -4.91. The summed E-state index contributed by atoms with van der Waals surface area (Å²) in [4.78, 5) is 64.6. The summed E-state index contributed by atoms with van der Waals surface area (Å²) in [6, 6.07) is 18.5. The van der Waals surface area contributed by atoms with Crippen molar-refractivity contribution >= 4 is 11.9 Å². The fourth-order valence-corrected chi connectivity index (χ4v) is 5.81. The first-order valence-corrected chi connectivity index (χ1v) is 19.6. The van der Waals surface area contributed by atoms with E-state index in [1.54, 1.807) is 6.92 Å². The molecule has 0 saturated carbocycles. The molecule has 6 rings (SSSR count). The summed E-state index contributed by atoms with van der Waals surface area (Å²) in [5.41, 5.74) is -2.11. The maximum atomic E-state index is 13.1. The minimum Gasteiger partial charge on any atom is -0.489 e. The highest BCUT2D eigenvalue weighted by Gasteiger charge is 2.35. The van der Waals surface area contributed by atoms with Gasteiger partial charge in [-0.15, -0.1) is 0 Å². The highest BCUT2D eigenvalue weighted by Crippen LogP contribution is 2.35. The highest BCUT2D eigenvalue weighted by molar-refractivity contribution is 5.94. The molecule has 0 spiro atoms. The van der Waals surface area contributed by atoms with Crippen molar-refractivity contribution in [3.8, 4) is 64.2 Å². The van der Waals surface area contributed by atoms with Gasteiger partial charge >= 0.3 is 35.8 Å². The van der Waals surface area contributed by atoms with Crippen LogP contribution in [0.5, 0.6) is 58.5 Å². The lowest BCUT2D eigenvalue weighted by atomic mass is 10.1. The zero-order valence-electron chi connectivity index (χ0n) is 37.1. The smallest absolute Gasteiger partial charge is 0.431 e. The molecule has 23 heteroatoms. The van der Waals surface area contributed by atoms with E-state index < -0.39 is 41.2 Å². The van der Waals surface area contributed by atoms with Gasteiger partial charge in [-0.05, 0) is 61.4 Å². The number of nitrogens with zero attached hydrogens (tertiary/aromatic N) is 6. The van der Waals surface area contributed by atoms with E-state index in [2.05, 4.69) is 19.9 Å². The van der Waals surface area contributed by atoms with Crippen molar-refractivity contribution in [1.82, 2.24) is 29.1 Å². The van der Waals surface area contributed by atoms with E-state index in [1.165, 1.54) is 90.1 Å². The van der Waals surface area contributed by atoms with Crippen LogP contribution in [0.4, 0.5) is 13.2 Å². The molecule has 0 aliphatic rings. The van der Waals surface area contributed by atoms with Gasteiger partial charge in [0.05, 0.1) is 53.4 Å². The molecule has 0 fully saturated rings. The van der Waals surface area contributed by atoms with Crippen molar-refractivity contribution in [3.05, 3.63) is 122 Å². The topological polar surface area (TPSA) is 233 Å². The Balaban J connectivity index is 0.000000254. The number of rotatable bonds is 17. The SMILES string of the molecule is CCc1ccc(COc2ccc(-n3c(=O)cc(C(F)(F)F)n(C)c3=O)cc2)c(OC(C)C(=O)OC)c1.COc1cc(OC)nc(Oc2cccc(Oc3nc(OC)cc(OC)n3)c2C(=O)O)n1. The van der Waals surface area contributed by atoms with Crippen LogP contribution in [-0.2, 0) is 35.8 Å². The van der Waals surface area contributed by atoms with Crippen molar-refractivity contribution in [2.24, 2.45) is 7.05 Å². The standard InChI is InChI=1S/C25H25F3N2O6.C19H18N4O8/c1-5-16-6-7-17(20(12-16)36-15(2)23(32)34-4)14-35-19-10-8-18(9-11-19)30-22(31)13-21(25(26,27)28)29(3)24(30)33;1-26-12-8-13(27-2)21-18(20-12)30-10-6-5-7-11(16(10)17(24)25)31-19-22-14(28-3)9-15(23-19)29-4/h6-13,15H,5,14H2,1-4H3;5-9H,1-4H3,(H,24,25). The number of esters is 1. The number of halogens is 3. The second-order valence-electron chi connectivity index (χ2n) is 13.5. The van der Waals surface area contributed by atoms with Crippen molar-refractivity contribution in [2.45, 2.75) is 39.2 Å². The summed E-state index contributed by atoms with van der Waals surface area (Å²) in [7, 11) is 7.85. The molecule has 1 unspecified atom stereocenters. The second kappa shape index (κ2) is 22.0. The Bertz CT molecular complexity index is 2720. The van der Waals surface area contributed by atoms with Gasteiger partial charge in [-0.2, -0.15) is 33.1 Å². The zero-order valence-corrected chi connectivity index (χ0v) is 37.1. The van der Waals surface area contributed by atoms with Crippen LogP contribution >= 0.6 is 0 Å². The van der Waals surface area contributed by atoms with Crippen LogP contribution in [0.15, 0.2) is 88.5 Å². The minimum absolute atomic E-state index is 0.0779. The van der Waals surface area contributed by atoms with E-state index in [1.807, 2.05) is 25.1 Å². The van der Waals surface area contributed by atoms with Gasteiger partial charge in [-0.1, -0.05) is 25.1 Å². The Hall–Kier alpha value is -8.37. The van der Waals surface area contributed by atoms with Gasteiger partial charge in [0, 0.05) is 18.7 Å². The van der Waals surface area contributed by atoms with Gasteiger partial charge in [0.1, 0.15) is 40.9 Å². The molecule has 0 aliphatic carbocycles. The molecule has 1 N–H and O–H groups in total. The van der Waals surface area contributed by atoms with Crippen molar-refractivity contribution < 1.29 is 70.5 Å². The molecule has 354 valence electrons. The van der Waals surface area contributed by atoms with E-state index in [4.69, 9.17) is 42.6 Å². The number of carbonyl (C=O) groups is 2. The Morgan fingerprint density at radius 2 is 1.25 bits per heavy atom. The van der Waals surface area contributed by atoms with Gasteiger partial charge in [-0.25, -0.2) is 19.0 Å². The summed E-state index contributed by atoms with van der Waals surface area (Å²) in [5.74, 6) is -0.507. The van der Waals surface area contributed by atoms with E-state index in [0.29, 0.717) is 32.3 Å². The van der Waals surface area contributed by atoms with E-state index in [9.17, 15) is 37.5 Å². The molecule has 3 aromatic heterocycles. The number of carbonyl (C=O) groups excluding carboxylic acids is 1. The largest absolute Gasteiger partial charge is 0.489 e. The zero-order chi connectivity index (χ0) is 49.0. The molecule has 67 heavy (non-hydrogen) atoms. The van der Waals surface area contributed by atoms with Crippen LogP contribution in [0.1, 0.15) is 41.0 Å². The van der Waals surface area contributed by atoms with Crippen molar-refractivity contribution in [1.29, 1.82) is 0 Å². The molecule has 0 radical (unpaired) electrons. The van der Waals surface area contributed by atoms with Crippen LogP contribution in [0.2, 0.25) is 0 Å². The van der Waals surface area contributed by atoms with Crippen LogP contribution in [-0.4, -0.2) is 87.8 Å². The number of alkyl halides is 3. The van der Waals surface area contributed by atoms with Gasteiger partial charge in [0.15, 0.2) is 6.10 Å². The number of aryl methyl sites for hydroxylation is 1. The number of aromatic carboxylic acids is 1. The molecule has 0 saturated heterocycles. The fourth-order valence-electron chi connectivity index (χ4n) is 5.81. The Morgan fingerprint density at radius 1 is 0.731 bits per heavy atom. The maximum absolute atomic E-state index is 13.1. The number of benzene rings is 3. The van der Waals surface area contributed by atoms with Gasteiger partial charge in [0.2, 0.25) is 23.5 Å². The number of hydrogen-bond donors (Lipinski definition) is 1. The Morgan fingerprint density at radius 3 is 1.70 bits per heavy atom. The number of hydrogen-bond acceptors (Lipinski definition) is 17. The predicted molar refractivity (Wildman–Crippen MR) is 228 cm³/mol. The third-order valence-electron chi connectivity index (χ3n) is 9.23. The first kappa shape index (κ1) is 49.6. The number of aromatic nitrogens is 6. The quantitative estimate of drug-likeness (QED) is 0.1000. The maximum Gasteiger partial charge on any atom is 0.431 e. The molecule has 0 bridgehead atoms. The third kappa shape index (κ3) is 12.5. The Labute approximate surface area is 379 Å². The van der Waals surface area contributed by atoms with Crippen LogP contribution in [0, 0.1) is 0 Å². The monoisotopic (exact) mass is 936 g/mol. The number of methoxy groups -OCH3 is 5. The molecular weight excluding hydrogens is 894 g/mol. The van der Waals surface area contributed by atoms with Gasteiger partial charge in [0.25, 0.3) is 5.56 Å². The lowest BCUT2D eigenvalue weighted by molar-refractivity contribution is -0.148. The van der Waals surface area contributed by atoms with Crippen LogP contribution < -0.4 is 49.1 Å². The average molecular weight is 937 g/mol. The lowest BCUT2D eigenvalue weighted by Gasteiger charge is -2.17. The summed E-state index contributed by atoms with van der Waals surface area (Å²) >= 11 is 0. The lowest BCUT2D eigenvalue weighted by Crippen LogP contribution is -2.40. The molecular formula is C44H43F3N6O14. The number of ether oxygens (including phenoxy) is 9. The third-order valence-corrected chi connectivity index (χ3v) is 9.23. The number of carboxylic acids is 1. The summed E-state index contributed by atoms with van der Waals surface area (Å²) < 4.78 is 87.9. The van der Waals surface area contributed by atoms with E-state index in [-0.39, 0.29) is 64.9 Å². The van der Waals surface area contributed by atoms with Crippen LogP contribution in [0.3, 0.4) is 0 Å². The van der Waals surface area contributed by atoms with Crippen molar-refractivity contribution in [3.63, 3.8) is 0 Å². The van der Waals surface area contributed by atoms with E-state index >= 15 is 0 Å². The molecule has 20 nitrogen and oxygen atoms in total. The minimum atomic E-state index is -4.84. The second-order valence-corrected chi connectivity index (χ2v) is 13.5. The van der Waals surface area contributed by atoms with Crippen molar-refractivity contribution in [2.75, 3.05) is 35.5 Å². The first-order chi connectivity index (χ1) is 31.9. The highest BCUT2D eigenvalue weighted by atomic mass is 19.4. The molecule has 6 aromatic rings. The predicted octanol–water partition coefficient (Wildman–Crippen LogP) is 6.22. The fraction of sp³-hybridized carbons (Fsp3) is 0.273.